The Hall–Kier alpha value is -0.0900. The van der Waals surface area contributed by atoms with Crippen molar-refractivity contribution in [2.75, 3.05) is 18.1 Å². The molecule has 0 saturated carbocycles. The maximum absolute atomic E-state index is 11.2. The Bertz CT molecular complexity index is 285. The Morgan fingerprint density at radius 1 is 1.38 bits per heavy atom. The molecule has 1 fully saturated rings. The lowest BCUT2D eigenvalue weighted by atomic mass is 10.0. The highest BCUT2D eigenvalue weighted by Crippen LogP contribution is 2.18. The van der Waals surface area contributed by atoms with Crippen molar-refractivity contribution in [1.82, 2.24) is 0 Å². The van der Waals surface area contributed by atoms with Crippen molar-refractivity contribution in [2.24, 2.45) is 5.92 Å². The molecule has 1 saturated heterocycles. The highest BCUT2D eigenvalue weighted by molar-refractivity contribution is 7.91. The number of unbranched alkanes of at least 4 members (excludes halogenated alkanes) is 1. The first-order valence-electron chi connectivity index (χ1n) is 6.39. The summed E-state index contributed by atoms with van der Waals surface area (Å²) in [6.45, 7) is 5.10. The molecule has 0 radical (unpaired) electrons. The third kappa shape index (κ3) is 4.83. The van der Waals surface area contributed by atoms with Crippen LogP contribution in [0.5, 0.6) is 0 Å². The van der Waals surface area contributed by atoms with Gasteiger partial charge in [-0.15, -0.1) is 0 Å². The molecule has 0 aromatic heterocycles. The monoisotopic (exact) mass is 248 g/mol. The van der Waals surface area contributed by atoms with Crippen molar-refractivity contribution in [3.63, 3.8) is 0 Å². The van der Waals surface area contributed by atoms with Gasteiger partial charge in [-0.1, -0.05) is 33.1 Å². The fourth-order valence-electron chi connectivity index (χ4n) is 2.06. The predicted octanol–water partition coefficient (Wildman–Crippen LogP) is 2.41. The van der Waals surface area contributed by atoms with Gasteiger partial charge in [-0.3, -0.25) is 0 Å². The van der Waals surface area contributed by atoms with Crippen LogP contribution < -0.4 is 0 Å². The maximum Gasteiger partial charge on any atom is 0.152 e. The molecule has 1 aliphatic heterocycles. The van der Waals surface area contributed by atoms with Crippen molar-refractivity contribution < 1.29 is 13.2 Å². The second kappa shape index (κ2) is 6.60. The van der Waals surface area contributed by atoms with E-state index in [4.69, 9.17) is 4.74 Å². The average molecular weight is 248 g/mol. The SMILES string of the molecule is CCCC[C@@H](CC)CO[C@H]1CCS(=O)(=O)C1. The van der Waals surface area contributed by atoms with Crippen LogP contribution >= 0.6 is 0 Å². The van der Waals surface area contributed by atoms with Gasteiger partial charge < -0.3 is 4.74 Å². The van der Waals surface area contributed by atoms with Crippen LogP contribution in [0.4, 0.5) is 0 Å². The molecule has 1 heterocycles. The summed E-state index contributed by atoms with van der Waals surface area (Å²) >= 11 is 0. The van der Waals surface area contributed by atoms with E-state index in [9.17, 15) is 8.42 Å². The minimum atomic E-state index is -2.79. The smallest absolute Gasteiger partial charge is 0.152 e. The Morgan fingerprint density at radius 3 is 2.62 bits per heavy atom. The molecule has 96 valence electrons. The van der Waals surface area contributed by atoms with Crippen LogP contribution in [0.2, 0.25) is 0 Å². The number of ether oxygens (including phenoxy) is 1. The Morgan fingerprint density at radius 2 is 2.12 bits per heavy atom. The van der Waals surface area contributed by atoms with Gasteiger partial charge in [0.2, 0.25) is 0 Å². The molecular weight excluding hydrogens is 224 g/mol. The predicted molar refractivity (Wildman–Crippen MR) is 66.3 cm³/mol. The van der Waals surface area contributed by atoms with Gasteiger partial charge in [0.25, 0.3) is 0 Å². The molecule has 3 nitrogen and oxygen atoms in total. The summed E-state index contributed by atoms with van der Waals surface area (Å²) < 4.78 is 28.2. The third-order valence-electron chi connectivity index (χ3n) is 3.30. The first-order valence-corrected chi connectivity index (χ1v) is 8.21. The van der Waals surface area contributed by atoms with Crippen molar-refractivity contribution in [2.45, 2.75) is 52.1 Å². The Labute approximate surface area is 99.5 Å². The molecule has 0 aromatic rings. The minimum absolute atomic E-state index is 0.0410. The number of sulfone groups is 1. The summed E-state index contributed by atoms with van der Waals surface area (Å²) in [5.74, 6) is 1.14. The lowest BCUT2D eigenvalue weighted by molar-refractivity contribution is 0.0409. The normalized spacial score (nSPS) is 25.8. The fourth-order valence-corrected chi connectivity index (χ4v) is 3.68. The summed E-state index contributed by atoms with van der Waals surface area (Å²) in [6.07, 6.45) is 5.43. The first kappa shape index (κ1) is 14.0. The van der Waals surface area contributed by atoms with E-state index in [1.54, 1.807) is 0 Å². The summed E-state index contributed by atoms with van der Waals surface area (Å²) in [5.41, 5.74) is 0. The first-order chi connectivity index (χ1) is 7.57. The number of hydrogen-bond donors (Lipinski definition) is 0. The molecule has 0 bridgehead atoms. The van der Waals surface area contributed by atoms with Crippen LogP contribution in [0, 0.1) is 5.92 Å². The van der Waals surface area contributed by atoms with Crippen molar-refractivity contribution >= 4 is 9.84 Å². The summed E-state index contributed by atoms with van der Waals surface area (Å²) in [6, 6.07) is 0. The van der Waals surface area contributed by atoms with E-state index in [1.807, 2.05) is 0 Å². The van der Waals surface area contributed by atoms with Gasteiger partial charge in [-0.2, -0.15) is 0 Å². The van der Waals surface area contributed by atoms with Crippen LogP contribution in [0.1, 0.15) is 46.0 Å². The lowest BCUT2D eigenvalue weighted by Gasteiger charge is -2.17. The van der Waals surface area contributed by atoms with Gasteiger partial charge in [0.1, 0.15) is 0 Å². The molecule has 0 aliphatic carbocycles. The van der Waals surface area contributed by atoms with Crippen LogP contribution in [-0.2, 0) is 14.6 Å². The van der Waals surface area contributed by atoms with Gasteiger partial charge >= 0.3 is 0 Å². The van der Waals surface area contributed by atoms with Crippen molar-refractivity contribution in [1.29, 1.82) is 0 Å². The van der Waals surface area contributed by atoms with E-state index in [2.05, 4.69) is 13.8 Å². The molecule has 0 amide bonds. The molecule has 2 atom stereocenters. The zero-order valence-electron chi connectivity index (χ0n) is 10.4. The van der Waals surface area contributed by atoms with Gasteiger partial charge in [0.15, 0.2) is 9.84 Å². The largest absolute Gasteiger partial charge is 0.377 e. The molecule has 1 rings (SSSR count). The zero-order chi connectivity index (χ0) is 12.0. The maximum atomic E-state index is 11.2. The van der Waals surface area contributed by atoms with E-state index >= 15 is 0 Å². The standard InChI is InChI=1S/C12H24O3S/c1-3-5-6-11(4-2)9-15-12-7-8-16(13,14)10-12/h11-12H,3-10H2,1-2H3/t11-,12+/m1/s1. The quantitative estimate of drug-likeness (QED) is 0.695. The van der Waals surface area contributed by atoms with Crippen LogP contribution in [0.25, 0.3) is 0 Å². The Kier molecular flexibility index (Phi) is 5.76. The highest BCUT2D eigenvalue weighted by Gasteiger charge is 2.28. The van der Waals surface area contributed by atoms with Crippen LogP contribution in [-0.4, -0.2) is 32.6 Å². The highest BCUT2D eigenvalue weighted by atomic mass is 32.2. The zero-order valence-corrected chi connectivity index (χ0v) is 11.3. The van der Waals surface area contributed by atoms with Gasteiger partial charge in [0, 0.05) is 6.61 Å². The average Bonchev–Trinajstić information content (AvgIpc) is 2.59. The molecule has 0 aromatic carbocycles. The van der Waals surface area contributed by atoms with Crippen molar-refractivity contribution in [3.05, 3.63) is 0 Å². The second-order valence-corrected chi connectivity index (χ2v) is 7.00. The van der Waals surface area contributed by atoms with E-state index < -0.39 is 9.84 Å². The molecule has 16 heavy (non-hydrogen) atoms. The number of rotatable bonds is 7. The molecule has 0 N–H and O–H groups in total. The van der Waals surface area contributed by atoms with Gasteiger partial charge in [-0.05, 0) is 18.8 Å². The van der Waals surface area contributed by atoms with Gasteiger partial charge in [0.05, 0.1) is 17.6 Å². The van der Waals surface area contributed by atoms with Gasteiger partial charge in [-0.25, -0.2) is 8.42 Å². The fraction of sp³-hybridized carbons (Fsp3) is 1.00. The van der Waals surface area contributed by atoms with E-state index in [0.29, 0.717) is 18.1 Å². The summed E-state index contributed by atoms with van der Waals surface area (Å²) in [7, 11) is -2.79. The van der Waals surface area contributed by atoms with Crippen molar-refractivity contribution in [3.8, 4) is 0 Å². The van der Waals surface area contributed by atoms with Crippen LogP contribution in [0.3, 0.4) is 0 Å². The topological polar surface area (TPSA) is 43.4 Å². The Balaban J connectivity index is 2.23. The number of hydrogen-bond acceptors (Lipinski definition) is 3. The molecule has 0 spiro atoms. The molecule has 1 aliphatic rings. The lowest BCUT2D eigenvalue weighted by Crippen LogP contribution is -2.19. The van der Waals surface area contributed by atoms with E-state index in [0.717, 1.165) is 13.0 Å². The van der Waals surface area contributed by atoms with Crippen LogP contribution in [0.15, 0.2) is 0 Å². The minimum Gasteiger partial charge on any atom is -0.377 e. The van der Waals surface area contributed by atoms with E-state index in [1.165, 1.54) is 19.3 Å². The molecule has 4 heteroatoms. The molecular formula is C12H24O3S. The summed E-state index contributed by atoms with van der Waals surface area (Å²) in [4.78, 5) is 0. The second-order valence-electron chi connectivity index (χ2n) is 4.77. The third-order valence-corrected chi connectivity index (χ3v) is 5.04. The van der Waals surface area contributed by atoms with E-state index in [-0.39, 0.29) is 11.9 Å². The molecule has 0 unspecified atom stereocenters. The summed E-state index contributed by atoms with van der Waals surface area (Å²) in [5, 5.41) is 0.